The van der Waals surface area contributed by atoms with E-state index in [9.17, 15) is 9.59 Å². The Hall–Kier alpha value is -2.41. The summed E-state index contributed by atoms with van der Waals surface area (Å²) in [6.07, 6.45) is 4.96. The maximum absolute atomic E-state index is 12.9. The quantitative estimate of drug-likeness (QED) is 0.789. The summed E-state index contributed by atoms with van der Waals surface area (Å²) in [7, 11) is 0. The van der Waals surface area contributed by atoms with Gasteiger partial charge in [0.1, 0.15) is 5.69 Å². The summed E-state index contributed by atoms with van der Waals surface area (Å²) in [6.45, 7) is 7.21. The molecule has 160 valence electrons. The summed E-state index contributed by atoms with van der Waals surface area (Å²) >= 11 is 1.44. The van der Waals surface area contributed by atoms with Crippen molar-refractivity contribution >= 4 is 34.0 Å². The van der Waals surface area contributed by atoms with Crippen molar-refractivity contribution < 1.29 is 9.59 Å². The zero-order chi connectivity index (χ0) is 21.1. The first kappa shape index (κ1) is 20.8. The van der Waals surface area contributed by atoms with Crippen LogP contribution in [0.1, 0.15) is 53.7 Å². The van der Waals surface area contributed by atoms with E-state index in [1.165, 1.54) is 28.9 Å². The van der Waals surface area contributed by atoms with Crippen molar-refractivity contribution in [3.63, 3.8) is 0 Å². The van der Waals surface area contributed by atoms with Gasteiger partial charge in [-0.25, -0.2) is 4.98 Å². The van der Waals surface area contributed by atoms with Crippen molar-refractivity contribution in [1.82, 2.24) is 14.8 Å². The van der Waals surface area contributed by atoms with Gasteiger partial charge in [0, 0.05) is 43.2 Å². The van der Waals surface area contributed by atoms with Crippen LogP contribution >= 0.6 is 11.3 Å². The minimum Gasteiger partial charge on any atom is -0.342 e. The number of thiazole rings is 1. The number of benzene rings is 1. The number of amides is 2. The summed E-state index contributed by atoms with van der Waals surface area (Å²) in [5.41, 5.74) is 3.92. The summed E-state index contributed by atoms with van der Waals surface area (Å²) in [6, 6.07) is 6.18. The molecular formula is C23H30N4O2S. The van der Waals surface area contributed by atoms with Gasteiger partial charge in [0.15, 0.2) is 5.13 Å². The molecule has 4 rings (SSSR count). The fraction of sp³-hybridized carbons (Fsp3) is 0.522. The number of hydrogen-bond donors (Lipinski definition) is 1. The van der Waals surface area contributed by atoms with Crippen LogP contribution in [0.2, 0.25) is 0 Å². The van der Waals surface area contributed by atoms with Crippen molar-refractivity contribution in [3.8, 4) is 0 Å². The molecule has 0 bridgehead atoms. The molecule has 0 atom stereocenters. The number of rotatable bonds is 4. The molecule has 2 aromatic rings. The smallest absolute Gasteiger partial charge is 0.273 e. The van der Waals surface area contributed by atoms with Crippen LogP contribution in [0, 0.1) is 19.8 Å². The molecule has 2 amide bonds. The van der Waals surface area contributed by atoms with E-state index in [0.717, 1.165) is 49.6 Å². The number of aromatic nitrogens is 1. The molecule has 2 aliphatic rings. The lowest BCUT2D eigenvalue weighted by Gasteiger charge is -2.35. The zero-order valence-electron chi connectivity index (χ0n) is 17.8. The number of anilines is 2. The molecule has 1 aromatic carbocycles. The Morgan fingerprint density at radius 1 is 1.00 bits per heavy atom. The highest BCUT2D eigenvalue weighted by molar-refractivity contribution is 7.14. The third-order valence-corrected chi connectivity index (χ3v) is 7.04. The monoisotopic (exact) mass is 426 g/mol. The number of likely N-dealkylation sites (tertiary alicyclic amines) is 2. The predicted octanol–water partition coefficient (Wildman–Crippen LogP) is 4.37. The maximum atomic E-state index is 12.9. The van der Waals surface area contributed by atoms with Crippen LogP contribution in [-0.4, -0.2) is 52.8 Å². The average molecular weight is 427 g/mol. The second kappa shape index (κ2) is 9.16. The van der Waals surface area contributed by atoms with E-state index in [1.807, 2.05) is 21.2 Å². The normalized spacial score (nSPS) is 17.8. The van der Waals surface area contributed by atoms with E-state index in [-0.39, 0.29) is 17.7 Å². The third-order valence-electron chi connectivity index (χ3n) is 6.28. The first-order chi connectivity index (χ1) is 14.5. The van der Waals surface area contributed by atoms with Gasteiger partial charge >= 0.3 is 0 Å². The number of nitrogens with zero attached hydrogens (tertiary/aromatic N) is 3. The SMILES string of the molecule is Cc1ccc(Nc2nc(C(=O)N3CCC(C(=O)N4CCCCC4)CC3)cs2)cc1C. The van der Waals surface area contributed by atoms with Gasteiger partial charge in [0.05, 0.1) is 0 Å². The molecule has 0 saturated carbocycles. The Balaban J connectivity index is 1.32. The van der Waals surface area contributed by atoms with Crippen LogP contribution in [-0.2, 0) is 4.79 Å². The minimum atomic E-state index is -0.0386. The molecule has 0 unspecified atom stereocenters. The van der Waals surface area contributed by atoms with Crippen LogP contribution in [0.15, 0.2) is 23.6 Å². The molecule has 0 aliphatic carbocycles. The molecule has 2 saturated heterocycles. The van der Waals surface area contributed by atoms with Crippen molar-refractivity contribution in [1.29, 1.82) is 0 Å². The molecule has 2 fully saturated rings. The molecule has 1 N–H and O–H groups in total. The molecule has 6 nitrogen and oxygen atoms in total. The van der Waals surface area contributed by atoms with Crippen LogP contribution in [0.3, 0.4) is 0 Å². The van der Waals surface area contributed by atoms with Gasteiger partial charge in [-0.1, -0.05) is 6.07 Å². The lowest BCUT2D eigenvalue weighted by atomic mass is 9.94. The number of aryl methyl sites for hydroxylation is 2. The number of hydrogen-bond acceptors (Lipinski definition) is 5. The van der Waals surface area contributed by atoms with E-state index in [0.29, 0.717) is 18.8 Å². The Morgan fingerprint density at radius 3 is 2.43 bits per heavy atom. The highest BCUT2D eigenvalue weighted by atomic mass is 32.1. The molecule has 2 aliphatic heterocycles. The minimum absolute atomic E-state index is 0.0386. The molecule has 0 spiro atoms. The van der Waals surface area contributed by atoms with Gasteiger partial charge < -0.3 is 15.1 Å². The number of carbonyl (C=O) groups is 2. The topological polar surface area (TPSA) is 65.5 Å². The Labute approximate surface area is 182 Å². The van der Waals surface area contributed by atoms with Crippen molar-refractivity contribution in [2.45, 2.75) is 46.0 Å². The largest absolute Gasteiger partial charge is 0.342 e. The zero-order valence-corrected chi connectivity index (χ0v) is 18.6. The Bertz CT molecular complexity index is 912. The standard InChI is InChI=1S/C23H30N4O2S/c1-16-6-7-19(14-17(16)2)24-23-25-20(15-30-23)22(29)27-12-8-18(9-13-27)21(28)26-10-4-3-5-11-26/h6-7,14-15,18H,3-5,8-13H2,1-2H3,(H,24,25). The van der Waals surface area contributed by atoms with Gasteiger partial charge in [-0.3, -0.25) is 9.59 Å². The highest BCUT2D eigenvalue weighted by Gasteiger charge is 2.31. The summed E-state index contributed by atoms with van der Waals surface area (Å²) in [5.74, 6) is 0.309. The molecule has 3 heterocycles. The van der Waals surface area contributed by atoms with Gasteiger partial charge in [-0.05, 0) is 69.2 Å². The molecule has 1 aromatic heterocycles. The molecule has 30 heavy (non-hydrogen) atoms. The first-order valence-electron chi connectivity index (χ1n) is 10.9. The summed E-state index contributed by atoms with van der Waals surface area (Å²) < 4.78 is 0. The summed E-state index contributed by atoms with van der Waals surface area (Å²) in [4.78, 5) is 34.0. The van der Waals surface area contributed by atoms with Crippen LogP contribution in [0.4, 0.5) is 10.8 Å². The van der Waals surface area contributed by atoms with Gasteiger partial charge in [-0.2, -0.15) is 0 Å². The van der Waals surface area contributed by atoms with Crippen molar-refractivity contribution in [2.75, 3.05) is 31.5 Å². The Kier molecular flexibility index (Phi) is 6.37. The second-order valence-corrected chi connectivity index (χ2v) is 9.27. The maximum Gasteiger partial charge on any atom is 0.273 e. The van der Waals surface area contributed by atoms with Crippen molar-refractivity contribution in [2.24, 2.45) is 5.92 Å². The van der Waals surface area contributed by atoms with Crippen molar-refractivity contribution in [3.05, 3.63) is 40.4 Å². The van der Waals surface area contributed by atoms with Crippen LogP contribution < -0.4 is 5.32 Å². The lowest BCUT2D eigenvalue weighted by molar-refractivity contribution is -0.137. The van der Waals surface area contributed by atoms with Crippen LogP contribution in [0.5, 0.6) is 0 Å². The second-order valence-electron chi connectivity index (χ2n) is 8.41. The fourth-order valence-electron chi connectivity index (χ4n) is 4.24. The van der Waals surface area contributed by atoms with E-state index >= 15 is 0 Å². The number of piperidine rings is 2. The van der Waals surface area contributed by atoms with Gasteiger partial charge in [-0.15, -0.1) is 11.3 Å². The van der Waals surface area contributed by atoms with E-state index in [2.05, 4.69) is 36.3 Å². The average Bonchev–Trinajstić information content (AvgIpc) is 3.24. The van der Waals surface area contributed by atoms with E-state index in [4.69, 9.17) is 0 Å². The highest BCUT2D eigenvalue weighted by Crippen LogP contribution is 2.26. The molecule has 0 radical (unpaired) electrons. The molecule has 7 heteroatoms. The van der Waals surface area contributed by atoms with Crippen LogP contribution in [0.25, 0.3) is 0 Å². The van der Waals surface area contributed by atoms with Gasteiger partial charge in [0.25, 0.3) is 5.91 Å². The predicted molar refractivity (Wildman–Crippen MR) is 120 cm³/mol. The fourth-order valence-corrected chi connectivity index (χ4v) is 4.94. The van der Waals surface area contributed by atoms with Gasteiger partial charge in [0.2, 0.25) is 5.91 Å². The van der Waals surface area contributed by atoms with E-state index < -0.39 is 0 Å². The van der Waals surface area contributed by atoms with E-state index in [1.54, 1.807) is 0 Å². The number of nitrogens with one attached hydrogen (secondary N) is 1. The molecular weight excluding hydrogens is 396 g/mol. The first-order valence-corrected chi connectivity index (χ1v) is 11.8. The third kappa shape index (κ3) is 4.67. The lowest BCUT2D eigenvalue weighted by Crippen LogP contribution is -2.45. The number of carbonyl (C=O) groups excluding carboxylic acids is 2. The Morgan fingerprint density at radius 2 is 1.73 bits per heavy atom. The summed E-state index contributed by atoms with van der Waals surface area (Å²) in [5, 5.41) is 5.83.